The lowest BCUT2D eigenvalue weighted by molar-refractivity contribution is 0.616. The molecule has 0 saturated heterocycles. The van der Waals surface area contributed by atoms with E-state index in [1.165, 1.54) is 0 Å². The van der Waals surface area contributed by atoms with E-state index >= 15 is 0 Å². The van der Waals surface area contributed by atoms with E-state index in [1.54, 1.807) is 6.26 Å². The van der Waals surface area contributed by atoms with Crippen molar-refractivity contribution in [2.45, 2.75) is 0 Å². The molecule has 4 nitrogen and oxygen atoms in total. The van der Waals surface area contributed by atoms with E-state index < -0.39 is 0 Å². The summed E-state index contributed by atoms with van der Waals surface area (Å²) in [5.74, 6) is 0. The number of hydrogen-bond donors (Lipinski definition) is 0. The molecule has 0 aliphatic carbocycles. The Morgan fingerprint density at radius 1 is 0.850 bits per heavy atom. The van der Waals surface area contributed by atoms with Gasteiger partial charge in [-0.15, -0.1) is 0 Å². The standard InChI is InChI=1S/C16H15N3O/c1-19(2)15-6-3-13(4-7-15)17-18-14-5-8-16-12(11-14)9-10-20-16/h3-11H,1-2H3. The van der Waals surface area contributed by atoms with Gasteiger partial charge in [0.1, 0.15) is 5.58 Å². The molecule has 0 saturated carbocycles. The Hall–Kier alpha value is -2.62. The van der Waals surface area contributed by atoms with Gasteiger partial charge in [0.2, 0.25) is 0 Å². The third-order valence-corrected chi connectivity index (χ3v) is 3.08. The first-order valence-electron chi connectivity index (χ1n) is 6.39. The van der Waals surface area contributed by atoms with Crippen molar-refractivity contribution in [3.8, 4) is 0 Å². The second kappa shape index (κ2) is 5.17. The average molecular weight is 265 g/mol. The highest BCUT2D eigenvalue weighted by molar-refractivity contribution is 5.80. The fourth-order valence-electron chi connectivity index (χ4n) is 1.95. The zero-order valence-corrected chi connectivity index (χ0v) is 11.4. The lowest BCUT2D eigenvalue weighted by atomic mass is 10.2. The van der Waals surface area contributed by atoms with Crippen LogP contribution < -0.4 is 4.90 Å². The molecule has 3 aromatic rings. The van der Waals surface area contributed by atoms with Crippen LogP contribution >= 0.6 is 0 Å². The van der Waals surface area contributed by atoms with Crippen molar-refractivity contribution < 1.29 is 4.42 Å². The molecule has 0 atom stereocenters. The number of nitrogens with zero attached hydrogens (tertiary/aromatic N) is 3. The topological polar surface area (TPSA) is 41.1 Å². The number of hydrogen-bond acceptors (Lipinski definition) is 4. The van der Waals surface area contributed by atoms with Crippen molar-refractivity contribution in [2.24, 2.45) is 10.2 Å². The zero-order chi connectivity index (χ0) is 13.9. The number of furan rings is 1. The molecular formula is C16H15N3O. The van der Waals surface area contributed by atoms with E-state index in [-0.39, 0.29) is 0 Å². The van der Waals surface area contributed by atoms with Crippen LogP contribution in [0.5, 0.6) is 0 Å². The van der Waals surface area contributed by atoms with Gasteiger partial charge in [-0.2, -0.15) is 10.2 Å². The molecule has 0 bridgehead atoms. The van der Waals surface area contributed by atoms with Crippen LogP contribution in [0.2, 0.25) is 0 Å². The van der Waals surface area contributed by atoms with Crippen molar-refractivity contribution in [2.75, 3.05) is 19.0 Å². The van der Waals surface area contributed by atoms with Crippen LogP contribution in [0.1, 0.15) is 0 Å². The van der Waals surface area contributed by atoms with Crippen LogP contribution in [0.3, 0.4) is 0 Å². The Kier molecular flexibility index (Phi) is 3.21. The highest BCUT2D eigenvalue weighted by Crippen LogP contribution is 2.24. The first-order chi connectivity index (χ1) is 9.72. The molecule has 3 rings (SSSR count). The SMILES string of the molecule is CN(C)c1ccc(N=Nc2ccc3occc3c2)cc1. The molecule has 0 N–H and O–H groups in total. The van der Waals surface area contributed by atoms with Gasteiger partial charge < -0.3 is 9.32 Å². The van der Waals surface area contributed by atoms with Crippen LogP contribution in [0.25, 0.3) is 11.0 Å². The summed E-state index contributed by atoms with van der Waals surface area (Å²) in [5.41, 5.74) is 3.65. The highest BCUT2D eigenvalue weighted by atomic mass is 16.3. The van der Waals surface area contributed by atoms with Crippen molar-refractivity contribution >= 4 is 28.0 Å². The molecule has 1 aromatic heterocycles. The van der Waals surface area contributed by atoms with E-state index in [2.05, 4.69) is 10.2 Å². The maximum atomic E-state index is 5.29. The van der Waals surface area contributed by atoms with Gasteiger partial charge in [-0.1, -0.05) is 0 Å². The van der Waals surface area contributed by atoms with Crippen molar-refractivity contribution in [3.05, 3.63) is 54.8 Å². The van der Waals surface area contributed by atoms with Gasteiger partial charge in [-0.3, -0.25) is 0 Å². The summed E-state index contributed by atoms with van der Waals surface area (Å²) in [5, 5.41) is 9.53. The van der Waals surface area contributed by atoms with Gasteiger partial charge in [0.25, 0.3) is 0 Å². The Morgan fingerprint density at radius 3 is 2.30 bits per heavy atom. The molecule has 0 aliphatic rings. The maximum Gasteiger partial charge on any atom is 0.134 e. The molecule has 4 heteroatoms. The first-order valence-corrected chi connectivity index (χ1v) is 6.39. The summed E-state index contributed by atoms with van der Waals surface area (Å²) in [7, 11) is 4.02. The molecule has 0 spiro atoms. The van der Waals surface area contributed by atoms with E-state index in [4.69, 9.17) is 4.42 Å². The monoisotopic (exact) mass is 265 g/mol. The Bertz CT molecular complexity index is 742. The Morgan fingerprint density at radius 2 is 1.55 bits per heavy atom. The van der Waals surface area contributed by atoms with Crippen molar-refractivity contribution in [1.29, 1.82) is 0 Å². The fourth-order valence-corrected chi connectivity index (χ4v) is 1.95. The summed E-state index contributed by atoms with van der Waals surface area (Å²) in [6.45, 7) is 0. The summed E-state index contributed by atoms with van der Waals surface area (Å²) in [4.78, 5) is 2.05. The number of anilines is 1. The molecule has 0 amide bonds. The largest absolute Gasteiger partial charge is 0.464 e. The minimum absolute atomic E-state index is 0.815. The predicted octanol–water partition coefficient (Wildman–Crippen LogP) is 4.91. The minimum atomic E-state index is 0.815. The number of fused-ring (bicyclic) bond motifs is 1. The van der Waals surface area contributed by atoms with Crippen LogP contribution in [0.15, 0.2) is 69.4 Å². The van der Waals surface area contributed by atoms with Gasteiger partial charge in [-0.05, 0) is 48.5 Å². The smallest absolute Gasteiger partial charge is 0.134 e. The lowest BCUT2D eigenvalue weighted by Crippen LogP contribution is -2.07. The number of rotatable bonds is 3. The first kappa shape index (κ1) is 12.4. The molecular weight excluding hydrogens is 250 g/mol. The average Bonchev–Trinajstić information content (AvgIpc) is 2.93. The number of azo groups is 1. The van der Waals surface area contributed by atoms with Crippen LogP contribution in [-0.4, -0.2) is 14.1 Å². The second-order valence-corrected chi connectivity index (χ2v) is 4.75. The maximum absolute atomic E-state index is 5.29. The third kappa shape index (κ3) is 2.54. The fraction of sp³-hybridized carbons (Fsp3) is 0.125. The van der Waals surface area contributed by atoms with E-state index in [0.29, 0.717) is 0 Å². The molecule has 0 fully saturated rings. The van der Waals surface area contributed by atoms with Gasteiger partial charge in [0.05, 0.1) is 17.6 Å². The molecule has 0 unspecified atom stereocenters. The predicted molar refractivity (Wildman–Crippen MR) is 81.2 cm³/mol. The highest BCUT2D eigenvalue weighted by Gasteiger charge is 1.98. The Balaban J connectivity index is 1.82. The zero-order valence-electron chi connectivity index (χ0n) is 11.4. The Labute approximate surface area is 117 Å². The van der Waals surface area contributed by atoms with E-state index in [9.17, 15) is 0 Å². The summed E-state index contributed by atoms with van der Waals surface area (Å²) in [6, 6.07) is 15.6. The molecule has 2 aromatic carbocycles. The minimum Gasteiger partial charge on any atom is -0.464 e. The van der Waals surface area contributed by atoms with Crippen LogP contribution in [0.4, 0.5) is 17.1 Å². The van der Waals surface area contributed by atoms with Gasteiger partial charge in [-0.25, -0.2) is 0 Å². The van der Waals surface area contributed by atoms with Crippen molar-refractivity contribution in [3.63, 3.8) is 0 Å². The van der Waals surface area contributed by atoms with E-state index in [0.717, 1.165) is 28.0 Å². The normalized spacial score (nSPS) is 11.3. The molecule has 0 radical (unpaired) electrons. The number of benzene rings is 2. The summed E-state index contributed by atoms with van der Waals surface area (Å²) in [6.07, 6.45) is 1.67. The van der Waals surface area contributed by atoms with Crippen molar-refractivity contribution in [1.82, 2.24) is 0 Å². The quantitative estimate of drug-likeness (QED) is 0.631. The second-order valence-electron chi connectivity index (χ2n) is 4.75. The third-order valence-electron chi connectivity index (χ3n) is 3.08. The van der Waals surface area contributed by atoms with E-state index in [1.807, 2.05) is 67.5 Å². The molecule has 100 valence electrons. The lowest BCUT2D eigenvalue weighted by Gasteiger charge is -2.11. The van der Waals surface area contributed by atoms with Crippen LogP contribution in [-0.2, 0) is 0 Å². The van der Waals surface area contributed by atoms with Gasteiger partial charge in [0, 0.05) is 25.2 Å². The molecule has 1 heterocycles. The van der Waals surface area contributed by atoms with Gasteiger partial charge in [0.15, 0.2) is 0 Å². The summed E-state index contributed by atoms with van der Waals surface area (Å²) >= 11 is 0. The summed E-state index contributed by atoms with van der Waals surface area (Å²) < 4.78 is 5.29. The van der Waals surface area contributed by atoms with Crippen LogP contribution in [0, 0.1) is 0 Å². The molecule has 0 aliphatic heterocycles. The van der Waals surface area contributed by atoms with Gasteiger partial charge >= 0.3 is 0 Å². The molecule has 20 heavy (non-hydrogen) atoms.